The molecule has 1 aromatic rings. The molecule has 1 amide bonds. The molecule has 0 saturated carbocycles. The van der Waals surface area contributed by atoms with Gasteiger partial charge in [0.1, 0.15) is 5.76 Å². The summed E-state index contributed by atoms with van der Waals surface area (Å²) in [5.74, 6) is -0.668. The third kappa shape index (κ3) is 2.62. The summed E-state index contributed by atoms with van der Waals surface area (Å²) in [7, 11) is 0. The van der Waals surface area contributed by atoms with Crippen LogP contribution in [-0.4, -0.2) is 23.0 Å². The summed E-state index contributed by atoms with van der Waals surface area (Å²) < 4.78 is 0. The van der Waals surface area contributed by atoms with Crippen LogP contribution in [0.2, 0.25) is 0 Å². The Morgan fingerprint density at radius 3 is 2.63 bits per heavy atom. The van der Waals surface area contributed by atoms with Gasteiger partial charge in [-0.25, -0.2) is 4.99 Å². The molecule has 19 heavy (non-hydrogen) atoms. The number of carbonyl (C=O) groups is 2. The number of hydrogen-bond acceptors (Lipinski definition) is 3. The Bertz CT molecular complexity index is 585. The smallest absolute Gasteiger partial charge is 0.245 e. The van der Waals surface area contributed by atoms with Crippen LogP contribution >= 0.6 is 0 Å². The standard InChI is InChI=1S/C15H15NO3/c1-2-3-8-13(17)16-9-12-14(18)10-6-4-5-7-11(10)15(12)19/h4-7,9,18H,2-3,8H2,1H3. The third-order valence-corrected chi connectivity index (χ3v) is 3.01. The number of rotatable bonds is 4. The first kappa shape index (κ1) is 13.2. The van der Waals surface area contributed by atoms with Crippen LogP contribution in [0.1, 0.15) is 42.1 Å². The van der Waals surface area contributed by atoms with E-state index >= 15 is 0 Å². The minimum atomic E-state index is -0.292. The number of fused-ring (bicyclic) bond motifs is 1. The Morgan fingerprint density at radius 1 is 1.32 bits per heavy atom. The zero-order valence-electron chi connectivity index (χ0n) is 10.7. The lowest BCUT2D eigenvalue weighted by Crippen LogP contribution is -2.02. The van der Waals surface area contributed by atoms with E-state index in [1.165, 1.54) is 6.21 Å². The number of nitrogens with zero attached hydrogens (tertiary/aromatic N) is 1. The molecule has 0 saturated heterocycles. The highest BCUT2D eigenvalue weighted by molar-refractivity contribution is 6.30. The predicted octanol–water partition coefficient (Wildman–Crippen LogP) is 2.94. The van der Waals surface area contributed by atoms with E-state index in [0.717, 1.165) is 12.8 Å². The molecule has 1 N–H and O–H groups in total. The van der Waals surface area contributed by atoms with E-state index in [1.807, 2.05) is 6.92 Å². The van der Waals surface area contributed by atoms with Gasteiger partial charge in [-0.15, -0.1) is 0 Å². The molecule has 0 radical (unpaired) electrons. The van der Waals surface area contributed by atoms with E-state index < -0.39 is 0 Å². The number of hydrogen-bond donors (Lipinski definition) is 1. The van der Waals surface area contributed by atoms with Crippen LogP contribution in [0.3, 0.4) is 0 Å². The van der Waals surface area contributed by atoms with Crippen molar-refractivity contribution in [2.45, 2.75) is 26.2 Å². The largest absolute Gasteiger partial charge is 0.506 e. The van der Waals surface area contributed by atoms with Crippen molar-refractivity contribution in [2.24, 2.45) is 4.99 Å². The molecule has 0 bridgehead atoms. The Labute approximate surface area is 111 Å². The van der Waals surface area contributed by atoms with E-state index in [2.05, 4.69) is 4.99 Å². The van der Waals surface area contributed by atoms with E-state index in [9.17, 15) is 14.7 Å². The van der Waals surface area contributed by atoms with Crippen LogP contribution in [-0.2, 0) is 4.79 Å². The minimum Gasteiger partial charge on any atom is -0.506 e. The molecule has 0 heterocycles. The quantitative estimate of drug-likeness (QED) is 0.843. The second-order valence-electron chi connectivity index (χ2n) is 4.39. The molecule has 0 spiro atoms. The summed E-state index contributed by atoms with van der Waals surface area (Å²) >= 11 is 0. The molecule has 4 nitrogen and oxygen atoms in total. The van der Waals surface area contributed by atoms with E-state index in [4.69, 9.17) is 0 Å². The molecule has 2 rings (SSSR count). The van der Waals surface area contributed by atoms with Crippen molar-refractivity contribution in [3.63, 3.8) is 0 Å². The van der Waals surface area contributed by atoms with Gasteiger partial charge in [0.25, 0.3) is 0 Å². The predicted molar refractivity (Wildman–Crippen MR) is 73.3 cm³/mol. The number of amides is 1. The van der Waals surface area contributed by atoms with Crippen LogP contribution < -0.4 is 0 Å². The Morgan fingerprint density at radius 2 is 2.00 bits per heavy atom. The molecule has 0 unspecified atom stereocenters. The van der Waals surface area contributed by atoms with Crippen LogP contribution in [0.15, 0.2) is 34.8 Å². The molecule has 4 heteroatoms. The molecular weight excluding hydrogens is 242 g/mol. The lowest BCUT2D eigenvalue weighted by molar-refractivity contribution is -0.117. The van der Waals surface area contributed by atoms with Crippen LogP contribution in [0, 0.1) is 0 Å². The maximum absolute atomic E-state index is 12.0. The number of Topliss-reactive ketones (excluding diaryl/α,β-unsaturated/α-hetero) is 1. The van der Waals surface area contributed by atoms with Gasteiger partial charge in [-0.3, -0.25) is 9.59 Å². The second kappa shape index (κ2) is 5.61. The molecule has 1 aromatic carbocycles. The molecule has 98 valence electrons. The number of benzene rings is 1. The van der Waals surface area contributed by atoms with Crippen molar-refractivity contribution < 1.29 is 14.7 Å². The topological polar surface area (TPSA) is 66.7 Å². The molecule has 0 fully saturated rings. The van der Waals surface area contributed by atoms with Gasteiger partial charge >= 0.3 is 0 Å². The Hall–Kier alpha value is -2.23. The monoisotopic (exact) mass is 257 g/mol. The SMILES string of the molecule is CCCCC(=O)N=CC1=C(O)c2ccccc2C1=O. The van der Waals surface area contributed by atoms with Crippen molar-refractivity contribution in [1.29, 1.82) is 0 Å². The van der Waals surface area contributed by atoms with Gasteiger partial charge < -0.3 is 5.11 Å². The Balaban J connectivity index is 2.19. The van der Waals surface area contributed by atoms with Gasteiger partial charge in [-0.1, -0.05) is 37.6 Å². The van der Waals surface area contributed by atoms with E-state index in [1.54, 1.807) is 24.3 Å². The van der Waals surface area contributed by atoms with Gasteiger partial charge in [-0.2, -0.15) is 0 Å². The molecule has 1 aliphatic carbocycles. The first-order valence-corrected chi connectivity index (χ1v) is 6.29. The van der Waals surface area contributed by atoms with Crippen molar-refractivity contribution in [3.05, 3.63) is 41.0 Å². The summed E-state index contributed by atoms with van der Waals surface area (Å²) in [6.07, 6.45) is 3.23. The molecule has 0 aliphatic heterocycles. The average Bonchev–Trinajstić information content (AvgIpc) is 2.67. The highest BCUT2D eigenvalue weighted by Crippen LogP contribution is 2.29. The van der Waals surface area contributed by atoms with E-state index in [0.29, 0.717) is 17.5 Å². The van der Waals surface area contributed by atoms with Crippen molar-refractivity contribution >= 4 is 23.7 Å². The number of carbonyl (C=O) groups excluding carboxylic acids is 2. The maximum Gasteiger partial charge on any atom is 0.245 e. The number of unbranched alkanes of at least 4 members (excludes halogenated alkanes) is 1. The van der Waals surface area contributed by atoms with Crippen molar-refractivity contribution in [1.82, 2.24) is 0 Å². The first-order chi connectivity index (χ1) is 9.15. The summed E-state index contributed by atoms with van der Waals surface area (Å²) in [6, 6.07) is 6.79. The zero-order chi connectivity index (χ0) is 13.8. The molecule has 0 atom stereocenters. The van der Waals surface area contributed by atoms with E-state index in [-0.39, 0.29) is 23.0 Å². The highest BCUT2D eigenvalue weighted by Gasteiger charge is 2.27. The van der Waals surface area contributed by atoms with Gasteiger partial charge in [0, 0.05) is 23.8 Å². The fourth-order valence-corrected chi connectivity index (χ4v) is 1.93. The van der Waals surface area contributed by atoms with Crippen LogP contribution in [0.5, 0.6) is 0 Å². The fourth-order valence-electron chi connectivity index (χ4n) is 1.93. The molecule has 1 aliphatic rings. The number of allylic oxidation sites excluding steroid dienone is 1. The highest BCUT2D eigenvalue weighted by atomic mass is 16.3. The first-order valence-electron chi connectivity index (χ1n) is 6.29. The number of aliphatic imine (C=N–C) groups is 1. The van der Waals surface area contributed by atoms with Gasteiger partial charge in [0.05, 0.1) is 5.57 Å². The number of aliphatic hydroxyl groups is 1. The van der Waals surface area contributed by atoms with Gasteiger partial charge in [0.2, 0.25) is 5.91 Å². The fraction of sp³-hybridized carbons (Fsp3) is 0.267. The maximum atomic E-state index is 12.0. The average molecular weight is 257 g/mol. The number of ketones is 1. The zero-order valence-corrected chi connectivity index (χ0v) is 10.7. The van der Waals surface area contributed by atoms with Crippen LogP contribution in [0.4, 0.5) is 0 Å². The normalized spacial score (nSPS) is 14.3. The summed E-state index contributed by atoms with van der Waals surface area (Å²) in [4.78, 5) is 27.2. The van der Waals surface area contributed by atoms with Crippen molar-refractivity contribution in [2.75, 3.05) is 0 Å². The lowest BCUT2D eigenvalue weighted by atomic mass is 10.1. The van der Waals surface area contributed by atoms with Gasteiger partial charge in [-0.05, 0) is 6.42 Å². The third-order valence-electron chi connectivity index (χ3n) is 3.01. The minimum absolute atomic E-state index is 0.0889. The number of aliphatic hydroxyl groups excluding tert-OH is 1. The molecular formula is C15H15NO3. The summed E-state index contributed by atoms with van der Waals surface area (Å²) in [5, 5.41) is 9.96. The summed E-state index contributed by atoms with van der Waals surface area (Å²) in [5.41, 5.74) is 1.03. The summed E-state index contributed by atoms with van der Waals surface area (Å²) in [6.45, 7) is 1.99. The van der Waals surface area contributed by atoms with Crippen LogP contribution in [0.25, 0.3) is 5.76 Å². The van der Waals surface area contributed by atoms with Crippen molar-refractivity contribution in [3.8, 4) is 0 Å². The van der Waals surface area contributed by atoms with Gasteiger partial charge in [0.15, 0.2) is 5.78 Å². The molecule has 0 aromatic heterocycles. The Kier molecular flexibility index (Phi) is 3.90. The lowest BCUT2D eigenvalue weighted by Gasteiger charge is -1.95. The second-order valence-corrected chi connectivity index (χ2v) is 4.39.